The van der Waals surface area contributed by atoms with Crippen molar-refractivity contribution in [3.8, 4) is 23.3 Å². The maximum Gasteiger partial charge on any atom is 0.203 e. The molecule has 0 aliphatic carbocycles. The van der Waals surface area contributed by atoms with Crippen molar-refractivity contribution >= 4 is 0 Å². The molecular weight excluding hydrogens is 246 g/mol. The van der Waals surface area contributed by atoms with E-state index in [1.54, 1.807) is 28.4 Å². The molecule has 5 heteroatoms. The standard InChI is InChI=1S/C14H19NO4/c1-16-9-11(8-15)5-10-6-12(17-2)14(19-4)13(7-10)18-3/h6-7,11H,5,9H2,1-4H3/t11-/m1/s1. The minimum Gasteiger partial charge on any atom is -0.493 e. The minimum absolute atomic E-state index is 0.201. The van der Waals surface area contributed by atoms with Crippen molar-refractivity contribution < 1.29 is 18.9 Å². The van der Waals surface area contributed by atoms with Gasteiger partial charge in [0.1, 0.15) is 0 Å². The number of methoxy groups -OCH3 is 4. The Morgan fingerprint density at radius 1 is 1.05 bits per heavy atom. The molecule has 0 aliphatic heterocycles. The van der Waals surface area contributed by atoms with Crippen molar-refractivity contribution in [2.75, 3.05) is 35.0 Å². The molecule has 0 saturated heterocycles. The Balaban J connectivity index is 3.06. The van der Waals surface area contributed by atoms with E-state index in [9.17, 15) is 0 Å². The second-order valence-corrected chi connectivity index (χ2v) is 4.02. The van der Waals surface area contributed by atoms with Gasteiger partial charge in [0.05, 0.1) is 39.9 Å². The smallest absolute Gasteiger partial charge is 0.203 e. The summed E-state index contributed by atoms with van der Waals surface area (Å²) in [7, 11) is 6.28. The Labute approximate surface area is 113 Å². The van der Waals surface area contributed by atoms with Gasteiger partial charge in [-0.2, -0.15) is 5.26 Å². The van der Waals surface area contributed by atoms with E-state index in [0.29, 0.717) is 30.3 Å². The summed E-state index contributed by atoms with van der Waals surface area (Å²) in [6, 6.07) is 5.91. The molecule has 0 bridgehead atoms. The third-order valence-electron chi connectivity index (χ3n) is 2.76. The summed E-state index contributed by atoms with van der Waals surface area (Å²) >= 11 is 0. The van der Waals surface area contributed by atoms with Crippen LogP contribution in [-0.4, -0.2) is 35.0 Å². The van der Waals surface area contributed by atoms with E-state index in [0.717, 1.165) is 5.56 Å². The van der Waals surface area contributed by atoms with E-state index in [1.165, 1.54) is 0 Å². The van der Waals surface area contributed by atoms with Crippen molar-refractivity contribution in [3.05, 3.63) is 17.7 Å². The lowest BCUT2D eigenvalue weighted by molar-refractivity contribution is 0.172. The highest BCUT2D eigenvalue weighted by atomic mass is 16.5. The molecule has 0 aromatic heterocycles. The SMILES string of the molecule is COC[C@@H](C#N)Cc1cc(OC)c(OC)c(OC)c1. The number of nitriles is 1. The van der Waals surface area contributed by atoms with Crippen LogP contribution < -0.4 is 14.2 Å². The molecular formula is C14H19NO4. The Kier molecular flexibility index (Phi) is 5.97. The minimum atomic E-state index is -0.201. The van der Waals surface area contributed by atoms with Crippen molar-refractivity contribution in [1.82, 2.24) is 0 Å². The zero-order chi connectivity index (χ0) is 14.3. The van der Waals surface area contributed by atoms with E-state index in [2.05, 4.69) is 6.07 Å². The van der Waals surface area contributed by atoms with Crippen LogP contribution in [0.4, 0.5) is 0 Å². The molecule has 0 heterocycles. The third kappa shape index (κ3) is 3.76. The van der Waals surface area contributed by atoms with Gasteiger partial charge in [-0.25, -0.2) is 0 Å². The van der Waals surface area contributed by atoms with Crippen molar-refractivity contribution in [2.45, 2.75) is 6.42 Å². The summed E-state index contributed by atoms with van der Waals surface area (Å²) in [6.45, 7) is 0.396. The van der Waals surface area contributed by atoms with Gasteiger partial charge in [-0.15, -0.1) is 0 Å². The molecule has 0 unspecified atom stereocenters. The average molecular weight is 265 g/mol. The molecule has 5 nitrogen and oxygen atoms in total. The fraction of sp³-hybridized carbons (Fsp3) is 0.500. The molecule has 0 fully saturated rings. The highest BCUT2D eigenvalue weighted by molar-refractivity contribution is 5.54. The van der Waals surface area contributed by atoms with Crippen LogP contribution in [0.3, 0.4) is 0 Å². The van der Waals surface area contributed by atoms with Crippen LogP contribution in [0.1, 0.15) is 5.56 Å². The van der Waals surface area contributed by atoms with Gasteiger partial charge in [0.25, 0.3) is 0 Å². The molecule has 0 radical (unpaired) electrons. The first-order valence-corrected chi connectivity index (χ1v) is 5.87. The van der Waals surface area contributed by atoms with Crippen molar-refractivity contribution in [1.29, 1.82) is 5.26 Å². The first kappa shape index (κ1) is 15.1. The van der Waals surface area contributed by atoms with Crippen LogP contribution in [-0.2, 0) is 11.2 Å². The van der Waals surface area contributed by atoms with Crippen LogP contribution in [0.25, 0.3) is 0 Å². The Bertz CT molecular complexity index is 428. The molecule has 1 aromatic carbocycles. The maximum atomic E-state index is 9.06. The first-order chi connectivity index (χ1) is 9.19. The predicted molar refractivity (Wildman–Crippen MR) is 70.8 cm³/mol. The fourth-order valence-corrected chi connectivity index (χ4v) is 1.88. The van der Waals surface area contributed by atoms with E-state index >= 15 is 0 Å². The van der Waals surface area contributed by atoms with E-state index < -0.39 is 0 Å². The fourth-order valence-electron chi connectivity index (χ4n) is 1.88. The van der Waals surface area contributed by atoms with Gasteiger partial charge in [0, 0.05) is 7.11 Å². The summed E-state index contributed by atoms with van der Waals surface area (Å²) in [4.78, 5) is 0. The van der Waals surface area contributed by atoms with Crippen LogP contribution >= 0.6 is 0 Å². The van der Waals surface area contributed by atoms with E-state index in [4.69, 9.17) is 24.2 Å². The lowest BCUT2D eigenvalue weighted by Crippen LogP contribution is -2.09. The molecule has 1 atom stereocenters. The third-order valence-corrected chi connectivity index (χ3v) is 2.76. The number of ether oxygens (including phenoxy) is 4. The number of benzene rings is 1. The molecule has 0 spiro atoms. The highest BCUT2D eigenvalue weighted by Crippen LogP contribution is 2.38. The zero-order valence-electron chi connectivity index (χ0n) is 11.7. The van der Waals surface area contributed by atoms with Gasteiger partial charge in [-0.05, 0) is 24.1 Å². The maximum absolute atomic E-state index is 9.06. The topological polar surface area (TPSA) is 60.7 Å². The normalized spacial score (nSPS) is 11.5. The van der Waals surface area contributed by atoms with Gasteiger partial charge in [0.15, 0.2) is 11.5 Å². The summed E-state index contributed by atoms with van der Waals surface area (Å²) in [5.74, 6) is 1.53. The largest absolute Gasteiger partial charge is 0.493 e. The summed E-state index contributed by atoms with van der Waals surface area (Å²) < 4.78 is 20.8. The Hall–Kier alpha value is -1.93. The molecule has 1 aromatic rings. The number of hydrogen-bond acceptors (Lipinski definition) is 5. The predicted octanol–water partition coefficient (Wildman–Crippen LogP) is 2.04. The number of hydrogen-bond donors (Lipinski definition) is 0. The molecule has 1 rings (SSSR count). The molecule has 0 aliphatic rings. The van der Waals surface area contributed by atoms with Gasteiger partial charge < -0.3 is 18.9 Å². The van der Waals surface area contributed by atoms with Crippen molar-refractivity contribution in [3.63, 3.8) is 0 Å². The molecule has 19 heavy (non-hydrogen) atoms. The molecule has 104 valence electrons. The van der Waals surface area contributed by atoms with Gasteiger partial charge in [-0.1, -0.05) is 0 Å². The van der Waals surface area contributed by atoms with Crippen LogP contribution in [0, 0.1) is 17.2 Å². The Morgan fingerprint density at radius 2 is 1.63 bits per heavy atom. The van der Waals surface area contributed by atoms with Crippen LogP contribution in [0.15, 0.2) is 12.1 Å². The molecule has 0 saturated carbocycles. The molecule has 0 N–H and O–H groups in total. The lowest BCUT2D eigenvalue weighted by atomic mass is 10.0. The van der Waals surface area contributed by atoms with Crippen LogP contribution in [0.2, 0.25) is 0 Å². The van der Waals surface area contributed by atoms with Gasteiger partial charge in [-0.3, -0.25) is 0 Å². The van der Waals surface area contributed by atoms with Crippen LogP contribution in [0.5, 0.6) is 17.2 Å². The highest BCUT2D eigenvalue weighted by Gasteiger charge is 2.16. The first-order valence-electron chi connectivity index (χ1n) is 5.87. The summed E-state index contributed by atoms with van der Waals surface area (Å²) in [5.41, 5.74) is 0.943. The average Bonchev–Trinajstić information content (AvgIpc) is 2.45. The van der Waals surface area contributed by atoms with E-state index in [1.807, 2.05) is 12.1 Å². The number of rotatable bonds is 7. The second-order valence-electron chi connectivity index (χ2n) is 4.02. The van der Waals surface area contributed by atoms with Gasteiger partial charge in [0.2, 0.25) is 5.75 Å². The summed E-state index contributed by atoms with van der Waals surface area (Å²) in [6.07, 6.45) is 0.570. The second kappa shape index (κ2) is 7.49. The quantitative estimate of drug-likeness (QED) is 0.755. The number of nitrogens with zero attached hydrogens (tertiary/aromatic N) is 1. The molecule has 0 amide bonds. The monoisotopic (exact) mass is 265 g/mol. The summed E-state index contributed by atoms with van der Waals surface area (Å²) in [5, 5.41) is 9.06. The van der Waals surface area contributed by atoms with Crippen molar-refractivity contribution in [2.24, 2.45) is 5.92 Å². The lowest BCUT2D eigenvalue weighted by Gasteiger charge is -2.15. The van der Waals surface area contributed by atoms with Gasteiger partial charge >= 0.3 is 0 Å². The Morgan fingerprint density at radius 3 is 2.00 bits per heavy atom. The van der Waals surface area contributed by atoms with E-state index in [-0.39, 0.29) is 5.92 Å². The zero-order valence-corrected chi connectivity index (χ0v) is 11.7.